The van der Waals surface area contributed by atoms with E-state index in [9.17, 15) is 27.5 Å². The van der Waals surface area contributed by atoms with E-state index in [4.69, 9.17) is 21.1 Å². The molecule has 0 bridgehead atoms. The second kappa shape index (κ2) is 13.3. The molecule has 14 heteroatoms. The SMILES string of the molecule is COc1cc2ncnc(Nc3cc(Cl)c(Oc4cccc(C(F)(F)F)c4F)cc3C(C)(C)O)c2cc1NC(=O)/C=C/CN(C)C. The number of benzene rings is 3. The third-order valence-electron chi connectivity index (χ3n) is 6.43. The number of carbonyl (C=O) groups is 1. The Morgan fingerprint density at radius 1 is 1.04 bits per heavy atom. The Morgan fingerprint density at radius 2 is 1.78 bits per heavy atom. The molecule has 0 atom stereocenters. The lowest BCUT2D eigenvalue weighted by atomic mass is 9.96. The number of likely N-dealkylation sites (N-methyl/N-ethyl adjacent to an activating group) is 1. The van der Waals surface area contributed by atoms with E-state index in [1.807, 2.05) is 19.0 Å². The van der Waals surface area contributed by atoms with Gasteiger partial charge in [0.25, 0.3) is 0 Å². The highest BCUT2D eigenvalue weighted by Crippen LogP contribution is 2.42. The Kier molecular flexibility index (Phi) is 9.86. The fourth-order valence-electron chi connectivity index (χ4n) is 4.29. The number of hydrogen-bond donors (Lipinski definition) is 3. The van der Waals surface area contributed by atoms with Gasteiger partial charge in [-0.05, 0) is 58.3 Å². The minimum Gasteiger partial charge on any atom is -0.494 e. The minimum absolute atomic E-state index is 0.0974. The highest BCUT2D eigenvalue weighted by atomic mass is 35.5. The normalized spacial score (nSPS) is 12.2. The van der Waals surface area contributed by atoms with Gasteiger partial charge in [-0.2, -0.15) is 13.2 Å². The predicted octanol–water partition coefficient (Wildman–Crippen LogP) is 7.27. The van der Waals surface area contributed by atoms with Crippen LogP contribution in [-0.4, -0.2) is 53.6 Å². The maximum absolute atomic E-state index is 14.7. The van der Waals surface area contributed by atoms with E-state index >= 15 is 0 Å². The van der Waals surface area contributed by atoms with Gasteiger partial charge >= 0.3 is 6.18 Å². The molecule has 0 unspecified atom stereocenters. The van der Waals surface area contributed by atoms with Crippen LogP contribution in [0.2, 0.25) is 5.02 Å². The van der Waals surface area contributed by atoms with E-state index < -0.39 is 28.9 Å². The molecular weight excluding hydrogens is 618 g/mol. The van der Waals surface area contributed by atoms with Gasteiger partial charge in [-0.1, -0.05) is 23.7 Å². The smallest absolute Gasteiger partial charge is 0.419 e. The van der Waals surface area contributed by atoms with Crippen LogP contribution < -0.4 is 20.1 Å². The van der Waals surface area contributed by atoms with Crippen molar-refractivity contribution in [3.05, 3.63) is 82.9 Å². The van der Waals surface area contributed by atoms with Crippen LogP contribution in [0.25, 0.3) is 10.9 Å². The van der Waals surface area contributed by atoms with Crippen LogP contribution in [0, 0.1) is 5.82 Å². The number of anilines is 3. The zero-order valence-corrected chi connectivity index (χ0v) is 25.6. The first kappa shape index (κ1) is 33.4. The van der Waals surface area contributed by atoms with Gasteiger partial charge in [0, 0.05) is 35.3 Å². The average molecular weight is 648 g/mol. The Labute approximate surface area is 261 Å². The summed E-state index contributed by atoms with van der Waals surface area (Å²) in [6.45, 7) is 3.50. The number of hydrogen-bond acceptors (Lipinski definition) is 8. The second-order valence-corrected chi connectivity index (χ2v) is 11.1. The van der Waals surface area contributed by atoms with Gasteiger partial charge in [-0.3, -0.25) is 4.79 Å². The van der Waals surface area contributed by atoms with E-state index in [0.29, 0.717) is 35.0 Å². The van der Waals surface area contributed by atoms with Crippen molar-refractivity contribution in [3.8, 4) is 17.2 Å². The lowest BCUT2D eigenvalue weighted by Gasteiger charge is -2.24. The topological polar surface area (TPSA) is 109 Å². The lowest BCUT2D eigenvalue weighted by Crippen LogP contribution is -2.18. The number of aromatic nitrogens is 2. The molecule has 0 aliphatic carbocycles. The largest absolute Gasteiger partial charge is 0.494 e. The van der Waals surface area contributed by atoms with E-state index in [0.717, 1.165) is 12.1 Å². The van der Waals surface area contributed by atoms with Gasteiger partial charge in [-0.15, -0.1) is 0 Å². The van der Waals surface area contributed by atoms with Crippen molar-refractivity contribution in [1.82, 2.24) is 14.9 Å². The molecule has 0 aliphatic heterocycles. The van der Waals surface area contributed by atoms with Crippen molar-refractivity contribution in [2.45, 2.75) is 25.6 Å². The first-order chi connectivity index (χ1) is 21.1. The molecule has 1 aromatic heterocycles. The molecule has 0 saturated carbocycles. The molecule has 0 fully saturated rings. The zero-order valence-electron chi connectivity index (χ0n) is 24.9. The van der Waals surface area contributed by atoms with Gasteiger partial charge < -0.3 is 30.1 Å². The van der Waals surface area contributed by atoms with Crippen LogP contribution >= 0.6 is 11.6 Å². The summed E-state index contributed by atoms with van der Waals surface area (Å²) in [5, 5.41) is 17.3. The number of alkyl halides is 3. The Balaban J connectivity index is 1.74. The van der Waals surface area contributed by atoms with Crippen LogP contribution in [0.5, 0.6) is 17.2 Å². The summed E-state index contributed by atoms with van der Waals surface area (Å²) in [5.74, 6) is -2.26. The summed E-state index contributed by atoms with van der Waals surface area (Å²) in [6.07, 6.45) is -0.535. The first-order valence-electron chi connectivity index (χ1n) is 13.4. The monoisotopic (exact) mass is 647 g/mol. The molecule has 3 N–H and O–H groups in total. The Morgan fingerprint density at radius 3 is 2.42 bits per heavy atom. The van der Waals surface area contributed by atoms with E-state index in [1.165, 1.54) is 45.5 Å². The number of rotatable bonds is 10. The number of nitrogens with one attached hydrogen (secondary N) is 2. The Bertz CT molecular complexity index is 1760. The molecule has 0 radical (unpaired) electrons. The quantitative estimate of drug-likeness (QED) is 0.122. The number of halogens is 5. The van der Waals surface area contributed by atoms with Crippen LogP contribution in [0.15, 0.2) is 60.9 Å². The van der Waals surface area contributed by atoms with Crippen molar-refractivity contribution >= 4 is 45.6 Å². The molecule has 1 amide bonds. The van der Waals surface area contributed by atoms with E-state index in [2.05, 4.69) is 20.6 Å². The van der Waals surface area contributed by atoms with Crippen LogP contribution in [0.3, 0.4) is 0 Å². The van der Waals surface area contributed by atoms with Crippen LogP contribution in [0.4, 0.5) is 34.8 Å². The average Bonchev–Trinajstić information content (AvgIpc) is 2.93. The maximum Gasteiger partial charge on any atom is 0.419 e. The van der Waals surface area contributed by atoms with Gasteiger partial charge in [0.05, 0.1) is 34.5 Å². The molecular formula is C31H30ClF4N5O4. The summed E-state index contributed by atoms with van der Waals surface area (Å²) in [4.78, 5) is 23.1. The standard InChI is InChI=1S/C31H30ClF4N5O4/c1-30(2,43)19-13-25(45-24-9-6-8-18(28(24)33)31(34,35)36)20(32)14-22(19)40-29-17-12-23(39-27(42)10-7-11-41(3)4)26(44-5)15-21(17)37-16-38-29/h6-10,12-16,43H,11H2,1-5H3,(H,39,42)(H,37,38,40)/b10-7+. The maximum atomic E-state index is 14.7. The number of ether oxygens (including phenoxy) is 2. The molecule has 4 aromatic rings. The molecule has 9 nitrogen and oxygen atoms in total. The third-order valence-corrected chi connectivity index (χ3v) is 6.72. The fourth-order valence-corrected chi connectivity index (χ4v) is 4.49. The fraction of sp³-hybridized carbons (Fsp3) is 0.258. The zero-order chi connectivity index (χ0) is 33.1. The van der Waals surface area contributed by atoms with Crippen LogP contribution in [0.1, 0.15) is 25.0 Å². The van der Waals surface area contributed by atoms with Gasteiger partial charge in [-0.25, -0.2) is 14.4 Å². The highest BCUT2D eigenvalue weighted by molar-refractivity contribution is 6.32. The first-order valence-corrected chi connectivity index (χ1v) is 13.8. The number of fused-ring (bicyclic) bond motifs is 1. The highest BCUT2D eigenvalue weighted by Gasteiger charge is 2.35. The molecule has 0 saturated heterocycles. The number of amides is 1. The number of aliphatic hydroxyl groups is 1. The van der Waals surface area contributed by atoms with Crippen molar-refractivity contribution in [2.75, 3.05) is 38.4 Å². The molecule has 0 aliphatic rings. The van der Waals surface area contributed by atoms with E-state index in [-0.39, 0.29) is 33.7 Å². The van der Waals surface area contributed by atoms with Crippen molar-refractivity contribution in [3.63, 3.8) is 0 Å². The summed E-state index contributed by atoms with van der Waals surface area (Å²) in [6, 6.07) is 8.53. The second-order valence-electron chi connectivity index (χ2n) is 10.7. The van der Waals surface area contributed by atoms with Crippen LogP contribution in [-0.2, 0) is 16.6 Å². The lowest BCUT2D eigenvalue weighted by molar-refractivity contribution is -0.140. The van der Waals surface area contributed by atoms with Gasteiger partial charge in [0.15, 0.2) is 11.6 Å². The summed E-state index contributed by atoms with van der Waals surface area (Å²) < 4.78 is 65.3. The van der Waals surface area contributed by atoms with E-state index in [1.54, 1.807) is 18.2 Å². The van der Waals surface area contributed by atoms with Crippen molar-refractivity contribution in [1.29, 1.82) is 0 Å². The van der Waals surface area contributed by atoms with Crippen molar-refractivity contribution < 1.29 is 36.9 Å². The van der Waals surface area contributed by atoms with Crippen molar-refractivity contribution in [2.24, 2.45) is 0 Å². The summed E-state index contributed by atoms with van der Waals surface area (Å²) in [7, 11) is 5.19. The van der Waals surface area contributed by atoms with Gasteiger partial charge in [0.2, 0.25) is 5.91 Å². The molecule has 1 heterocycles. The Hall–Kier alpha value is -4.46. The summed E-state index contributed by atoms with van der Waals surface area (Å²) >= 11 is 6.45. The molecule has 4 rings (SSSR count). The molecule has 0 spiro atoms. The number of methoxy groups -OCH3 is 1. The molecule has 3 aromatic carbocycles. The minimum atomic E-state index is -4.94. The number of carbonyl (C=O) groups excluding carboxylic acids is 1. The predicted molar refractivity (Wildman–Crippen MR) is 164 cm³/mol. The van der Waals surface area contributed by atoms with Gasteiger partial charge in [0.1, 0.15) is 23.6 Å². The third kappa shape index (κ3) is 7.98. The molecule has 45 heavy (non-hydrogen) atoms. The summed E-state index contributed by atoms with van der Waals surface area (Å²) in [5.41, 5.74) is -1.77. The number of nitrogens with zero attached hydrogens (tertiary/aromatic N) is 3. The molecule has 238 valence electrons.